The lowest BCUT2D eigenvalue weighted by molar-refractivity contribution is -0.120. The summed E-state index contributed by atoms with van der Waals surface area (Å²) < 4.78 is 0. The average Bonchev–Trinajstić information content (AvgIpc) is 2.80. The number of aromatic nitrogens is 2. The van der Waals surface area contributed by atoms with Crippen molar-refractivity contribution >= 4 is 23.3 Å². The van der Waals surface area contributed by atoms with Crippen molar-refractivity contribution in [2.24, 2.45) is 11.7 Å². The summed E-state index contributed by atoms with van der Waals surface area (Å²) in [4.78, 5) is 26.6. The Morgan fingerprint density at radius 3 is 2.55 bits per heavy atom. The molecule has 31 heavy (non-hydrogen) atoms. The zero-order valence-electron chi connectivity index (χ0n) is 17.4. The second kappa shape index (κ2) is 8.95. The SMILES string of the molecule is Cc1ccccc1-c1ccc(N2CCCC(C(=O)Nc3ccccc3C(N)=O)C2)nn1. The lowest BCUT2D eigenvalue weighted by Crippen LogP contribution is -2.41. The number of carbonyl (C=O) groups is 2. The molecule has 1 aromatic heterocycles. The van der Waals surface area contributed by atoms with E-state index in [1.807, 2.05) is 30.3 Å². The van der Waals surface area contributed by atoms with Crippen LogP contribution in [0.3, 0.4) is 0 Å². The molecule has 0 saturated carbocycles. The Hall–Kier alpha value is -3.74. The van der Waals surface area contributed by atoms with Gasteiger partial charge < -0.3 is 16.0 Å². The van der Waals surface area contributed by atoms with Gasteiger partial charge in [0.15, 0.2) is 5.82 Å². The number of aryl methyl sites for hydroxylation is 1. The van der Waals surface area contributed by atoms with Gasteiger partial charge in [-0.15, -0.1) is 10.2 Å². The zero-order chi connectivity index (χ0) is 21.8. The maximum Gasteiger partial charge on any atom is 0.250 e. The van der Waals surface area contributed by atoms with Gasteiger partial charge in [0.1, 0.15) is 0 Å². The summed E-state index contributed by atoms with van der Waals surface area (Å²) in [6.07, 6.45) is 1.65. The summed E-state index contributed by atoms with van der Waals surface area (Å²) in [5.41, 5.74) is 9.21. The van der Waals surface area contributed by atoms with Gasteiger partial charge >= 0.3 is 0 Å². The highest BCUT2D eigenvalue weighted by atomic mass is 16.2. The third kappa shape index (κ3) is 4.55. The number of primary amides is 1. The molecular weight excluding hydrogens is 390 g/mol. The molecule has 1 fully saturated rings. The molecule has 7 nitrogen and oxygen atoms in total. The van der Waals surface area contributed by atoms with Crippen LogP contribution in [0.4, 0.5) is 11.5 Å². The number of nitrogens with zero attached hydrogens (tertiary/aromatic N) is 3. The quantitative estimate of drug-likeness (QED) is 0.665. The Labute approximate surface area is 181 Å². The molecule has 0 bridgehead atoms. The number of benzene rings is 2. The lowest BCUT2D eigenvalue weighted by Gasteiger charge is -2.32. The minimum atomic E-state index is -0.565. The van der Waals surface area contributed by atoms with E-state index in [-0.39, 0.29) is 11.8 Å². The number of nitrogens with two attached hydrogens (primary N) is 1. The molecule has 4 rings (SSSR count). The number of amides is 2. The van der Waals surface area contributed by atoms with Gasteiger partial charge in [-0.2, -0.15) is 0 Å². The van der Waals surface area contributed by atoms with Crippen molar-refractivity contribution in [1.82, 2.24) is 10.2 Å². The Morgan fingerprint density at radius 2 is 1.81 bits per heavy atom. The molecule has 3 aromatic rings. The fourth-order valence-corrected chi connectivity index (χ4v) is 3.94. The fraction of sp³-hybridized carbons (Fsp3) is 0.250. The number of piperidine rings is 1. The van der Waals surface area contributed by atoms with Crippen molar-refractivity contribution in [3.8, 4) is 11.3 Å². The number of para-hydroxylation sites is 1. The Morgan fingerprint density at radius 1 is 1.03 bits per heavy atom. The van der Waals surface area contributed by atoms with Crippen LogP contribution in [0.2, 0.25) is 0 Å². The molecule has 3 N–H and O–H groups in total. The van der Waals surface area contributed by atoms with E-state index in [4.69, 9.17) is 5.73 Å². The molecular formula is C24H25N5O2. The van der Waals surface area contributed by atoms with Crippen LogP contribution in [0.25, 0.3) is 11.3 Å². The molecule has 2 aromatic carbocycles. The van der Waals surface area contributed by atoms with Crippen LogP contribution in [0, 0.1) is 12.8 Å². The van der Waals surface area contributed by atoms with E-state index in [9.17, 15) is 9.59 Å². The van der Waals surface area contributed by atoms with Gasteiger partial charge in [-0.25, -0.2) is 0 Å². The molecule has 1 atom stereocenters. The van der Waals surface area contributed by atoms with Gasteiger partial charge in [0.05, 0.1) is 22.9 Å². The first-order valence-electron chi connectivity index (χ1n) is 10.4. The van der Waals surface area contributed by atoms with E-state index in [2.05, 4.69) is 33.4 Å². The third-order valence-electron chi connectivity index (χ3n) is 5.64. The van der Waals surface area contributed by atoms with E-state index >= 15 is 0 Å². The molecule has 1 unspecified atom stereocenters. The lowest BCUT2D eigenvalue weighted by atomic mass is 9.96. The van der Waals surface area contributed by atoms with Gasteiger partial charge in [-0.1, -0.05) is 36.4 Å². The minimum Gasteiger partial charge on any atom is -0.366 e. The molecule has 0 radical (unpaired) electrons. The summed E-state index contributed by atoms with van der Waals surface area (Å²) in [6.45, 7) is 3.41. The van der Waals surface area contributed by atoms with E-state index in [1.54, 1.807) is 24.3 Å². The van der Waals surface area contributed by atoms with Crippen LogP contribution in [0.5, 0.6) is 0 Å². The second-order valence-electron chi connectivity index (χ2n) is 7.78. The number of hydrogen-bond acceptors (Lipinski definition) is 5. The molecule has 1 aliphatic rings. The highest BCUT2D eigenvalue weighted by Gasteiger charge is 2.27. The first kappa shape index (κ1) is 20.5. The first-order chi connectivity index (χ1) is 15.0. The Kier molecular flexibility index (Phi) is 5.93. The van der Waals surface area contributed by atoms with Gasteiger partial charge in [0.2, 0.25) is 5.91 Å². The van der Waals surface area contributed by atoms with Crippen molar-refractivity contribution in [3.05, 3.63) is 71.8 Å². The Bertz CT molecular complexity index is 1100. The standard InChI is InChI=1S/C24H25N5O2/c1-16-7-2-3-9-18(16)21-12-13-22(28-27-21)29-14-6-8-17(15-29)24(31)26-20-11-5-4-10-19(20)23(25)30/h2-5,7,9-13,17H,6,8,14-15H2,1H3,(H2,25,30)(H,26,31). The van der Waals surface area contributed by atoms with Crippen LogP contribution in [0.1, 0.15) is 28.8 Å². The monoisotopic (exact) mass is 415 g/mol. The van der Waals surface area contributed by atoms with E-state index in [0.29, 0.717) is 17.8 Å². The summed E-state index contributed by atoms with van der Waals surface area (Å²) in [7, 11) is 0. The number of rotatable bonds is 5. The van der Waals surface area contributed by atoms with Crippen molar-refractivity contribution in [3.63, 3.8) is 0 Å². The molecule has 1 saturated heterocycles. The normalized spacial score (nSPS) is 16.0. The van der Waals surface area contributed by atoms with Crippen molar-refractivity contribution < 1.29 is 9.59 Å². The van der Waals surface area contributed by atoms with E-state index < -0.39 is 5.91 Å². The predicted molar refractivity (Wildman–Crippen MR) is 121 cm³/mol. The van der Waals surface area contributed by atoms with Gasteiger partial charge in [-0.3, -0.25) is 9.59 Å². The van der Waals surface area contributed by atoms with Gasteiger partial charge in [-0.05, 0) is 49.6 Å². The highest BCUT2D eigenvalue weighted by molar-refractivity contribution is 6.03. The average molecular weight is 415 g/mol. The smallest absolute Gasteiger partial charge is 0.250 e. The maximum absolute atomic E-state index is 12.9. The van der Waals surface area contributed by atoms with Crippen molar-refractivity contribution in [2.45, 2.75) is 19.8 Å². The molecule has 0 spiro atoms. The van der Waals surface area contributed by atoms with Crippen molar-refractivity contribution in [2.75, 3.05) is 23.3 Å². The highest BCUT2D eigenvalue weighted by Crippen LogP contribution is 2.26. The van der Waals surface area contributed by atoms with E-state index in [1.165, 1.54) is 0 Å². The predicted octanol–water partition coefficient (Wildman–Crippen LogP) is 3.41. The number of hydrogen-bond donors (Lipinski definition) is 2. The molecule has 7 heteroatoms. The second-order valence-corrected chi connectivity index (χ2v) is 7.78. The molecule has 2 heterocycles. The fourth-order valence-electron chi connectivity index (χ4n) is 3.94. The molecule has 158 valence electrons. The summed E-state index contributed by atoms with van der Waals surface area (Å²) in [6, 6.07) is 18.8. The topological polar surface area (TPSA) is 101 Å². The number of carbonyl (C=O) groups excluding carboxylic acids is 2. The van der Waals surface area contributed by atoms with Crippen LogP contribution >= 0.6 is 0 Å². The summed E-state index contributed by atoms with van der Waals surface area (Å²) in [5, 5.41) is 11.7. The first-order valence-corrected chi connectivity index (χ1v) is 10.4. The molecule has 1 aliphatic heterocycles. The van der Waals surface area contributed by atoms with Crippen LogP contribution in [-0.2, 0) is 4.79 Å². The number of nitrogens with one attached hydrogen (secondary N) is 1. The number of anilines is 2. The largest absolute Gasteiger partial charge is 0.366 e. The van der Waals surface area contributed by atoms with E-state index in [0.717, 1.165) is 42.0 Å². The Balaban J connectivity index is 1.46. The van der Waals surface area contributed by atoms with Gasteiger partial charge in [0, 0.05) is 18.7 Å². The molecule has 2 amide bonds. The third-order valence-corrected chi connectivity index (χ3v) is 5.64. The molecule has 0 aliphatic carbocycles. The summed E-state index contributed by atoms with van der Waals surface area (Å²) in [5.74, 6) is -0.145. The zero-order valence-corrected chi connectivity index (χ0v) is 17.4. The van der Waals surface area contributed by atoms with Crippen molar-refractivity contribution in [1.29, 1.82) is 0 Å². The minimum absolute atomic E-state index is 0.122. The van der Waals surface area contributed by atoms with Crippen LogP contribution < -0.4 is 16.0 Å². The van der Waals surface area contributed by atoms with Crippen LogP contribution in [0.15, 0.2) is 60.7 Å². The summed E-state index contributed by atoms with van der Waals surface area (Å²) >= 11 is 0. The van der Waals surface area contributed by atoms with Crippen LogP contribution in [-0.4, -0.2) is 35.1 Å². The van der Waals surface area contributed by atoms with Gasteiger partial charge in [0.25, 0.3) is 5.91 Å². The maximum atomic E-state index is 12.9.